The van der Waals surface area contributed by atoms with E-state index in [4.69, 9.17) is 4.74 Å². The Morgan fingerprint density at radius 1 is 1.07 bits per heavy atom. The van der Waals surface area contributed by atoms with Gasteiger partial charge in [-0.25, -0.2) is 0 Å². The molecule has 0 spiro atoms. The molecule has 0 aliphatic heterocycles. The lowest BCUT2D eigenvalue weighted by Gasteiger charge is -2.62. The van der Waals surface area contributed by atoms with Gasteiger partial charge in [0.1, 0.15) is 6.61 Å². The van der Waals surface area contributed by atoms with E-state index in [0.717, 1.165) is 57.5 Å². The zero-order valence-electron chi connectivity index (χ0n) is 17.2. The smallest absolute Gasteiger partial charge is 0.161 e. The number of Topliss-reactive ketones (excluding diaryl/α,β-unsaturated/α-hetero) is 1. The molecule has 0 heterocycles. The van der Waals surface area contributed by atoms with Gasteiger partial charge in [-0.05, 0) is 98.7 Å². The molecular formula is C23H38O4. The maximum atomic E-state index is 12.4. The van der Waals surface area contributed by atoms with Gasteiger partial charge < -0.3 is 14.9 Å². The molecule has 4 nitrogen and oxygen atoms in total. The molecule has 0 radical (unpaired) electrons. The summed E-state index contributed by atoms with van der Waals surface area (Å²) in [5, 5.41) is 19.8. The van der Waals surface area contributed by atoms with Crippen molar-refractivity contribution in [3.05, 3.63) is 0 Å². The quantitative estimate of drug-likeness (QED) is 0.767. The highest BCUT2D eigenvalue weighted by Crippen LogP contribution is 2.68. The molecule has 0 bridgehead atoms. The van der Waals surface area contributed by atoms with Crippen LogP contribution in [0.25, 0.3) is 0 Å². The van der Waals surface area contributed by atoms with E-state index in [2.05, 4.69) is 6.92 Å². The SMILES string of the molecule is COCC[C@]12CC[C@@H](O)C[C@@H]1CC[C@H]1[C@@H]3CC[C@H](C(=O)CO)[C@@]3(C)CC[C@@H]12. The van der Waals surface area contributed by atoms with Crippen LogP contribution in [-0.4, -0.2) is 42.4 Å². The van der Waals surface area contributed by atoms with E-state index < -0.39 is 0 Å². The number of rotatable bonds is 5. The molecule has 8 atom stereocenters. The van der Waals surface area contributed by atoms with E-state index in [9.17, 15) is 15.0 Å². The molecule has 4 saturated carbocycles. The summed E-state index contributed by atoms with van der Waals surface area (Å²) < 4.78 is 5.53. The van der Waals surface area contributed by atoms with Gasteiger partial charge in [-0.2, -0.15) is 0 Å². The van der Waals surface area contributed by atoms with Gasteiger partial charge >= 0.3 is 0 Å². The van der Waals surface area contributed by atoms with Gasteiger partial charge in [0.15, 0.2) is 5.78 Å². The summed E-state index contributed by atoms with van der Waals surface area (Å²) in [6, 6.07) is 0. The topological polar surface area (TPSA) is 66.8 Å². The third-order valence-electron chi connectivity index (χ3n) is 9.65. The highest BCUT2D eigenvalue weighted by atomic mass is 16.5. The summed E-state index contributed by atoms with van der Waals surface area (Å²) >= 11 is 0. The summed E-state index contributed by atoms with van der Waals surface area (Å²) in [5.41, 5.74) is 0.420. The van der Waals surface area contributed by atoms with Crippen LogP contribution >= 0.6 is 0 Å². The molecule has 0 saturated heterocycles. The van der Waals surface area contributed by atoms with Gasteiger partial charge in [0.2, 0.25) is 0 Å². The fourth-order valence-electron chi connectivity index (χ4n) is 8.46. The number of hydrogen-bond acceptors (Lipinski definition) is 4. The van der Waals surface area contributed by atoms with Crippen molar-refractivity contribution in [2.75, 3.05) is 20.3 Å². The Bertz CT molecular complexity index is 559. The highest BCUT2D eigenvalue weighted by Gasteiger charge is 2.62. The standard InChI is InChI=1S/C23H38O4/c1-22-9-8-19-17(18(22)5-6-20(22)21(26)14-24)4-3-15-13-16(25)7-10-23(15,19)11-12-27-2/h15-20,24-25H,3-14H2,1-2H3/t15-,16+,17-,18-,19-,20+,22-,23+/m0/s1. The second-order valence-electron chi connectivity index (χ2n) is 10.4. The fourth-order valence-corrected chi connectivity index (χ4v) is 8.46. The van der Waals surface area contributed by atoms with Crippen LogP contribution in [0.15, 0.2) is 0 Å². The van der Waals surface area contributed by atoms with E-state index in [1.807, 2.05) is 7.11 Å². The average molecular weight is 379 g/mol. The molecule has 4 heteroatoms. The molecule has 4 aliphatic carbocycles. The van der Waals surface area contributed by atoms with Crippen LogP contribution in [0.1, 0.15) is 71.1 Å². The summed E-state index contributed by atoms with van der Waals surface area (Å²) in [6.45, 7) is 2.87. The van der Waals surface area contributed by atoms with Gasteiger partial charge in [-0.3, -0.25) is 4.79 Å². The number of ether oxygens (including phenoxy) is 1. The van der Waals surface area contributed by atoms with Gasteiger partial charge in [0.25, 0.3) is 0 Å². The third kappa shape index (κ3) is 3.02. The monoisotopic (exact) mass is 378 g/mol. The molecular weight excluding hydrogens is 340 g/mol. The second kappa shape index (κ2) is 7.42. The normalized spacial score (nSPS) is 49.2. The molecule has 154 valence electrons. The molecule has 4 aliphatic rings. The van der Waals surface area contributed by atoms with Crippen LogP contribution in [0.3, 0.4) is 0 Å². The number of carbonyl (C=O) groups is 1. The minimum Gasteiger partial charge on any atom is -0.393 e. The minimum atomic E-state index is -0.293. The largest absolute Gasteiger partial charge is 0.393 e. The minimum absolute atomic E-state index is 0.0641. The van der Waals surface area contributed by atoms with E-state index >= 15 is 0 Å². The van der Waals surface area contributed by atoms with Crippen molar-refractivity contribution in [2.45, 2.75) is 77.2 Å². The van der Waals surface area contributed by atoms with Crippen molar-refractivity contribution < 1.29 is 19.7 Å². The van der Waals surface area contributed by atoms with E-state index in [-0.39, 0.29) is 29.8 Å². The third-order valence-corrected chi connectivity index (χ3v) is 9.65. The van der Waals surface area contributed by atoms with Crippen LogP contribution < -0.4 is 0 Å². The number of aliphatic hydroxyl groups is 2. The van der Waals surface area contributed by atoms with Crippen LogP contribution in [0.2, 0.25) is 0 Å². The highest BCUT2D eigenvalue weighted by molar-refractivity contribution is 5.83. The Morgan fingerprint density at radius 3 is 2.63 bits per heavy atom. The maximum absolute atomic E-state index is 12.4. The van der Waals surface area contributed by atoms with Crippen LogP contribution in [0, 0.1) is 40.4 Å². The van der Waals surface area contributed by atoms with Gasteiger partial charge in [-0.15, -0.1) is 0 Å². The first-order valence-electron chi connectivity index (χ1n) is 11.3. The molecule has 27 heavy (non-hydrogen) atoms. The van der Waals surface area contributed by atoms with Crippen LogP contribution in [0.4, 0.5) is 0 Å². The van der Waals surface area contributed by atoms with E-state index in [0.29, 0.717) is 23.2 Å². The number of fused-ring (bicyclic) bond motifs is 5. The molecule has 0 unspecified atom stereocenters. The molecule has 0 aromatic rings. The number of hydrogen-bond donors (Lipinski definition) is 2. The van der Waals surface area contributed by atoms with Crippen LogP contribution in [0.5, 0.6) is 0 Å². The van der Waals surface area contributed by atoms with Gasteiger partial charge in [0.05, 0.1) is 6.10 Å². The van der Waals surface area contributed by atoms with Crippen LogP contribution in [-0.2, 0) is 9.53 Å². The molecule has 4 fully saturated rings. The molecule has 0 aromatic heterocycles. The second-order valence-corrected chi connectivity index (χ2v) is 10.4. The predicted octanol–water partition coefficient (Wildman–Crippen LogP) is 3.58. The first kappa shape index (κ1) is 19.8. The Balaban J connectivity index is 1.62. The van der Waals surface area contributed by atoms with Gasteiger partial charge in [-0.1, -0.05) is 6.92 Å². The maximum Gasteiger partial charge on any atom is 0.161 e. The number of aliphatic hydroxyl groups excluding tert-OH is 2. The summed E-state index contributed by atoms with van der Waals surface area (Å²) in [4.78, 5) is 12.4. The van der Waals surface area contributed by atoms with Crippen molar-refractivity contribution in [1.82, 2.24) is 0 Å². The first-order valence-corrected chi connectivity index (χ1v) is 11.3. The Kier molecular flexibility index (Phi) is 5.46. The summed E-state index contributed by atoms with van der Waals surface area (Å²) in [6.07, 6.45) is 11.0. The Labute approximate surface area is 164 Å². The lowest BCUT2D eigenvalue weighted by atomic mass is 9.43. The Morgan fingerprint density at radius 2 is 1.89 bits per heavy atom. The molecule has 0 aromatic carbocycles. The van der Waals surface area contributed by atoms with E-state index in [1.54, 1.807) is 0 Å². The van der Waals surface area contributed by atoms with Crippen molar-refractivity contribution in [2.24, 2.45) is 40.4 Å². The van der Waals surface area contributed by atoms with E-state index in [1.165, 1.54) is 19.3 Å². The van der Waals surface area contributed by atoms with Crippen molar-refractivity contribution in [1.29, 1.82) is 0 Å². The van der Waals surface area contributed by atoms with Crippen molar-refractivity contribution >= 4 is 5.78 Å². The number of carbonyl (C=O) groups excluding carboxylic acids is 1. The zero-order valence-corrected chi connectivity index (χ0v) is 17.2. The first-order chi connectivity index (χ1) is 13.0. The molecule has 2 N–H and O–H groups in total. The number of methoxy groups -OCH3 is 1. The number of ketones is 1. The molecule has 4 rings (SSSR count). The molecule has 0 amide bonds. The van der Waals surface area contributed by atoms with Crippen molar-refractivity contribution in [3.63, 3.8) is 0 Å². The fraction of sp³-hybridized carbons (Fsp3) is 0.957. The van der Waals surface area contributed by atoms with Crippen molar-refractivity contribution in [3.8, 4) is 0 Å². The predicted molar refractivity (Wildman–Crippen MR) is 104 cm³/mol. The lowest BCUT2D eigenvalue weighted by molar-refractivity contribution is -0.150. The Hall–Kier alpha value is -0.450. The zero-order chi connectivity index (χ0) is 19.2. The average Bonchev–Trinajstić information content (AvgIpc) is 3.03. The summed E-state index contributed by atoms with van der Waals surface area (Å²) in [5.74, 6) is 2.84. The lowest BCUT2D eigenvalue weighted by Crippen LogP contribution is -2.55. The summed E-state index contributed by atoms with van der Waals surface area (Å²) in [7, 11) is 1.81. The van der Waals surface area contributed by atoms with Gasteiger partial charge in [0, 0.05) is 19.6 Å².